The van der Waals surface area contributed by atoms with Crippen molar-refractivity contribution in [3.8, 4) is 5.75 Å². The number of fused-ring (bicyclic) bond motifs is 3. The fourth-order valence-electron chi connectivity index (χ4n) is 4.94. The number of carbonyl (C=O) groups excluding carboxylic acids is 1. The number of benzene rings is 2. The van der Waals surface area contributed by atoms with Crippen molar-refractivity contribution in [2.45, 2.75) is 57.2 Å². The minimum atomic E-state index is -0.800. The molecule has 7 heteroatoms. The second kappa shape index (κ2) is 10.1. The smallest absolute Gasteiger partial charge is 0.303 e. The molecular weight excluding hydrogens is 442 g/mol. The number of aliphatic carboxylic acids is 1. The fourth-order valence-corrected chi connectivity index (χ4v) is 5.07. The molecule has 2 N–H and O–H groups in total. The lowest BCUT2D eigenvalue weighted by Crippen LogP contribution is -2.49. The van der Waals surface area contributed by atoms with Gasteiger partial charge in [0, 0.05) is 41.6 Å². The first-order valence-electron chi connectivity index (χ1n) is 11.5. The molecule has 0 aromatic heterocycles. The maximum Gasteiger partial charge on any atom is 0.303 e. The van der Waals surface area contributed by atoms with Crippen molar-refractivity contribution >= 4 is 23.5 Å². The Morgan fingerprint density at radius 3 is 2.76 bits per heavy atom. The summed E-state index contributed by atoms with van der Waals surface area (Å²) < 4.78 is 12.8. The zero-order valence-electron chi connectivity index (χ0n) is 18.8. The van der Waals surface area contributed by atoms with Crippen molar-refractivity contribution in [3.63, 3.8) is 0 Å². The van der Waals surface area contributed by atoms with Crippen LogP contribution in [0.3, 0.4) is 0 Å². The lowest BCUT2D eigenvalue weighted by atomic mass is 9.73. The standard InChI is InChI=1S/C26H30ClNO5/c1-26(13-3-14-28-25(31)18-7-9-19(27)10-8-18)21-4-2-15-32-24(21)20-16-17(6-12-23(29)30)5-11-22(20)33-26/h5,7-11,16,21,24H,2-4,6,12-15H2,1H3,(H,28,31)(H,29,30)/t21-,24+,26-/m1/s1. The van der Waals surface area contributed by atoms with Crippen LogP contribution in [0.15, 0.2) is 42.5 Å². The first kappa shape index (κ1) is 23.6. The number of nitrogens with one attached hydrogen (secondary N) is 1. The zero-order valence-corrected chi connectivity index (χ0v) is 19.6. The number of carboxylic acid groups (broad SMARTS) is 1. The summed E-state index contributed by atoms with van der Waals surface area (Å²) in [6, 6.07) is 12.8. The Hall–Kier alpha value is -2.57. The van der Waals surface area contributed by atoms with E-state index in [2.05, 4.69) is 12.2 Å². The number of carbonyl (C=O) groups is 2. The third-order valence-electron chi connectivity index (χ3n) is 6.70. The van der Waals surface area contributed by atoms with E-state index in [-0.39, 0.29) is 24.3 Å². The third-order valence-corrected chi connectivity index (χ3v) is 6.95. The van der Waals surface area contributed by atoms with Crippen molar-refractivity contribution in [1.29, 1.82) is 0 Å². The molecule has 176 valence electrons. The fraction of sp³-hybridized carbons (Fsp3) is 0.462. The molecule has 2 heterocycles. The van der Waals surface area contributed by atoms with E-state index in [0.29, 0.717) is 30.2 Å². The highest BCUT2D eigenvalue weighted by molar-refractivity contribution is 6.30. The quantitative estimate of drug-likeness (QED) is 0.518. The minimum Gasteiger partial charge on any atom is -0.487 e. The third kappa shape index (κ3) is 5.50. The van der Waals surface area contributed by atoms with Gasteiger partial charge < -0.3 is 19.9 Å². The second-order valence-corrected chi connectivity index (χ2v) is 9.52. The maximum absolute atomic E-state index is 12.4. The van der Waals surface area contributed by atoms with Crippen molar-refractivity contribution in [1.82, 2.24) is 5.32 Å². The first-order chi connectivity index (χ1) is 15.9. The molecule has 4 rings (SSSR count). The summed E-state index contributed by atoms with van der Waals surface area (Å²) >= 11 is 5.89. The first-order valence-corrected chi connectivity index (χ1v) is 11.9. The van der Waals surface area contributed by atoms with E-state index in [1.54, 1.807) is 24.3 Å². The van der Waals surface area contributed by atoms with Gasteiger partial charge in [0.05, 0.1) is 6.10 Å². The van der Waals surface area contributed by atoms with Crippen molar-refractivity contribution in [2.24, 2.45) is 5.92 Å². The summed E-state index contributed by atoms with van der Waals surface area (Å²) in [5.74, 6) is 0.108. The summed E-state index contributed by atoms with van der Waals surface area (Å²) in [6.07, 6.45) is 4.11. The monoisotopic (exact) mass is 471 g/mol. The van der Waals surface area contributed by atoms with E-state index in [0.717, 1.165) is 42.6 Å². The summed E-state index contributed by atoms with van der Waals surface area (Å²) in [5.41, 5.74) is 2.20. The van der Waals surface area contributed by atoms with Crippen LogP contribution < -0.4 is 10.1 Å². The molecule has 3 atom stereocenters. The highest BCUT2D eigenvalue weighted by atomic mass is 35.5. The Morgan fingerprint density at radius 1 is 1.21 bits per heavy atom. The van der Waals surface area contributed by atoms with Gasteiger partial charge in [0.25, 0.3) is 5.91 Å². The Balaban J connectivity index is 1.41. The molecule has 0 unspecified atom stereocenters. The molecule has 1 amide bonds. The predicted octanol–water partition coefficient (Wildman–Crippen LogP) is 5.19. The summed E-state index contributed by atoms with van der Waals surface area (Å²) in [5, 5.41) is 12.6. The van der Waals surface area contributed by atoms with Gasteiger partial charge in [0.15, 0.2) is 0 Å². The zero-order chi connectivity index (χ0) is 23.4. The van der Waals surface area contributed by atoms with Crippen LogP contribution in [0.25, 0.3) is 0 Å². The highest BCUT2D eigenvalue weighted by Gasteiger charge is 2.48. The number of amides is 1. The van der Waals surface area contributed by atoms with Gasteiger partial charge in [-0.25, -0.2) is 0 Å². The van der Waals surface area contributed by atoms with Crippen LogP contribution >= 0.6 is 11.6 Å². The summed E-state index contributed by atoms with van der Waals surface area (Å²) in [4.78, 5) is 23.3. The van der Waals surface area contributed by atoms with E-state index in [9.17, 15) is 9.59 Å². The van der Waals surface area contributed by atoms with Crippen molar-refractivity contribution in [3.05, 3.63) is 64.2 Å². The van der Waals surface area contributed by atoms with Gasteiger partial charge in [-0.15, -0.1) is 0 Å². The van der Waals surface area contributed by atoms with Crippen LogP contribution in [-0.2, 0) is 16.0 Å². The predicted molar refractivity (Wildman–Crippen MR) is 126 cm³/mol. The molecule has 2 aliphatic rings. The van der Waals surface area contributed by atoms with Gasteiger partial charge in [-0.1, -0.05) is 17.7 Å². The van der Waals surface area contributed by atoms with E-state index in [4.69, 9.17) is 26.2 Å². The Morgan fingerprint density at radius 2 is 2.00 bits per heavy atom. The normalized spacial score (nSPS) is 23.7. The molecule has 2 aromatic carbocycles. The molecule has 2 aliphatic heterocycles. The van der Waals surface area contributed by atoms with E-state index in [1.807, 2.05) is 18.2 Å². The van der Waals surface area contributed by atoms with Crippen LogP contribution in [0.2, 0.25) is 5.02 Å². The number of aryl methyl sites for hydroxylation is 1. The van der Waals surface area contributed by atoms with Crippen LogP contribution in [0.5, 0.6) is 5.75 Å². The largest absolute Gasteiger partial charge is 0.487 e. The number of rotatable bonds is 8. The van der Waals surface area contributed by atoms with Crippen LogP contribution in [-0.4, -0.2) is 35.7 Å². The van der Waals surface area contributed by atoms with E-state index >= 15 is 0 Å². The Bertz CT molecular complexity index is 1010. The average Bonchev–Trinajstić information content (AvgIpc) is 2.81. The summed E-state index contributed by atoms with van der Waals surface area (Å²) in [6.45, 7) is 3.41. The summed E-state index contributed by atoms with van der Waals surface area (Å²) in [7, 11) is 0. The molecule has 1 saturated heterocycles. The van der Waals surface area contributed by atoms with Gasteiger partial charge in [-0.3, -0.25) is 9.59 Å². The average molecular weight is 472 g/mol. The Kier molecular flexibility index (Phi) is 7.25. The second-order valence-electron chi connectivity index (χ2n) is 9.09. The van der Waals surface area contributed by atoms with Crippen molar-refractivity contribution in [2.75, 3.05) is 13.2 Å². The molecular formula is C26H30ClNO5. The van der Waals surface area contributed by atoms with Gasteiger partial charge in [-0.2, -0.15) is 0 Å². The maximum atomic E-state index is 12.4. The minimum absolute atomic E-state index is 0.0547. The van der Waals surface area contributed by atoms with Crippen molar-refractivity contribution < 1.29 is 24.2 Å². The molecule has 6 nitrogen and oxygen atoms in total. The number of halogens is 1. The highest BCUT2D eigenvalue weighted by Crippen LogP contribution is 2.51. The molecule has 0 radical (unpaired) electrons. The molecule has 0 aliphatic carbocycles. The van der Waals surface area contributed by atoms with Crippen LogP contribution in [0, 0.1) is 5.92 Å². The molecule has 33 heavy (non-hydrogen) atoms. The van der Waals surface area contributed by atoms with E-state index < -0.39 is 11.6 Å². The van der Waals surface area contributed by atoms with Crippen LogP contribution in [0.4, 0.5) is 0 Å². The number of hydrogen-bond donors (Lipinski definition) is 2. The molecule has 2 aromatic rings. The van der Waals surface area contributed by atoms with E-state index in [1.165, 1.54) is 0 Å². The molecule has 0 spiro atoms. The van der Waals surface area contributed by atoms with Gasteiger partial charge >= 0.3 is 5.97 Å². The van der Waals surface area contributed by atoms with Crippen LogP contribution in [0.1, 0.15) is 66.6 Å². The topological polar surface area (TPSA) is 84.9 Å². The molecule has 1 fully saturated rings. The lowest BCUT2D eigenvalue weighted by molar-refractivity contribution is -0.136. The Labute approximate surface area is 199 Å². The van der Waals surface area contributed by atoms with Gasteiger partial charge in [0.1, 0.15) is 11.4 Å². The number of hydrogen-bond acceptors (Lipinski definition) is 4. The van der Waals surface area contributed by atoms with Gasteiger partial charge in [-0.05, 0) is 81.0 Å². The number of carboxylic acids is 1. The number of ether oxygens (including phenoxy) is 2. The molecule has 0 bridgehead atoms. The van der Waals surface area contributed by atoms with Gasteiger partial charge in [0.2, 0.25) is 0 Å². The SMILES string of the molecule is C[C@]1(CCCNC(=O)c2ccc(Cl)cc2)Oc2ccc(CCC(=O)O)cc2[C@@H]2OCCC[C@H]21. The lowest BCUT2D eigenvalue weighted by Gasteiger charge is -2.49. The molecule has 0 saturated carbocycles.